The molecule has 0 aliphatic rings. The van der Waals surface area contributed by atoms with E-state index in [-0.39, 0.29) is 12.8 Å². The van der Waals surface area contributed by atoms with Crippen LogP contribution in [0.4, 0.5) is 0 Å². The molecule has 0 bridgehead atoms. The van der Waals surface area contributed by atoms with Crippen LogP contribution in [-0.2, 0) is 32.7 Å². The zero-order valence-corrected chi connectivity index (χ0v) is 41.0. The van der Waals surface area contributed by atoms with Crippen molar-refractivity contribution in [2.45, 2.75) is 219 Å². The van der Waals surface area contributed by atoms with Crippen LogP contribution in [0.15, 0.2) is 72.9 Å². The molecule has 368 valence electrons. The Morgan fingerprint density at radius 1 is 0.516 bits per heavy atom. The maximum absolute atomic E-state index is 12.4. The van der Waals surface area contributed by atoms with Gasteiger partial charge in [-0.2, -0.15) is 0 Å². The molecule has 0 spiro atoms. The third-order valence-electron chi connectivity index (χ3n) is 10.5. The predicted molar refractivity (Wildman–Crippen MR) is 263 cm³/mol. The van der Waals surface area contributed by atoms with Gasteiger partial charge in [-0.1, -0.05) is 183 Å². The van der Waals surface area contributed by atoms with Crippen molar-refractivity contribution >= 4 is 25.7 Å². The molecular weight excluding hydrogens is 830 g/mol. The van der Waals surface area contributed by atoms with Crippen LogP contribution < -0.4 is 5.32 Å². The van der Waals surface area contributed by atoms with Gasteiger partial charge in [0.25, 0.3) is 0 Å². The number of hydrogen-bond donors (Lipinski definition) is 4. The minimum Gasteiger partial charge on any atom is -0.480 e. The number of esters is 1. The number of unbranched alkanes of at least 4 members (excludes halogenated alkanes) is 20. The Balaban J connectivity index is 3.87. The van der Waals surface area contributed by atoms with Gasteiger partial charge in [0, 0.05) is 12.8 Å². The summed E-state index contributed by atoms with van der Waals surface area (Å²) in [6, 6.07) is -1.55. The first kappa shape index (κ1) is 60.9. The van der Waals surface area contributed by atoms with E-state index in [0.29, 0.717) is 12.8 Å². The first-order valence-electron chi connectivity index (χ1n) is 25.0. The minimum atomic E-state index is -4.77. The summed E-state index contributed by atoms with van der Waals surface area (Å²) >= 11 is 0. The second-order valence-corrected chi connectivity index (χ2v) is 18.1. The van der Waals surface area contributed by atoms with Crippen LogP contribution in [0.2, 0.25) is 0 Å². The Morgan fingerprint density at radius 2 is 0.906 bits per heavy atom. The number of phosphoric acid groups is 1. The third kappa shape index (κ3) is 45.5. The summed E-state index contributed by atoms with van der Waals surface area (Å²) in [5, 5.41) is 21.9. The minimum absolute atomic E-state index is 0.137. The van der Waals surface area contributed by atoms with Crippen molar-refractivity contribution < 1.29 is 47.8 Å². The van der Waals surface area contributed by atoms with E-state index in [0.717, 1.165) is 96.3 Å². The molecule has 0 aliphatic heterocycles. The van der Waals surface area contributed by atoms with Gasteiger partial charge in [-0.05, 0) is 83.5 Å². The van der Waals surface area contributed by atoms with Gasteiger partial charge in [0.1, 0.15) is 12.7 Å². The number of rotatable bonds is 46. The lowest BCUT2D eigenvalue weighted by Crippen LogP contribution is -2.43. The van der Waals surface area contributed by atoms with Crippen LogP contribution in [0.3, 0.4) is 0 Å². The lowest BCUT2D eigenvalue weighted by atomic mass is 10.0. The molecule has 0 aromatic heterocycles. The number of amides is 1. The number of aliphatic carboxylic acids is 1. The smallest absolute Gasteiger partial charge is 0.472 e. The Labute approximate surface area is 389 Å². The highest BCUT2D eigenvalue weighted by Gasteiger charge is 2.28. The predicted octanol–water partition coefficient (Wildman–Crippen LogP) is 13.7. The summed E-state index contributed by atoms with van der Waals surface area (Å²) in [6.07, 6.45) is 56.3. The number of ether oxygens (including phenoxy) is 1. The van der Waals surface area contributed by atoms with Crippen LogP contribution in [0.5, 0.6) is 0 Å². The van der Waals surface area contributed by atoms with E-state index in [1.807, 2.05) is 0 Å². The van der Waals surface area contributed by atoms with Crippen LogP contribution in [-0.4, -0.2) is 64.9 Å². The van der Waals surface area contributed by atoms with Crippen molar-refractivity contribution in [2.75, 3.05) is 19.8 Å². The van der Waals surface area contributed by atoms with Gasteiger partial charge in [-0.25, -0.2) is 9.36 Å². The molecule has 0 saturated carbocycles. The first-order chi connectivity index (χ1) is 31.1. The Kier molecular flexibility index (Phi) is 44.2. The number of carbonyl (C=O) groups is 3. The molecule has 0 rings (SSSR count). The standard InChI is InChI=1S/C52H90NO10P/c1-3-5-7-9-11-13-15-17-19-21-22-23-24-25-26-28-29-31-33-35-37-39-41-43-50(55)53-49(52(57)58)47-63-64(59,60)62-46-48(54)45-61-51(56)44-42-40-38-36-34-32-30-27-20-18-16-14-12-10-8-6-4-2/h6,8,11-14,17-20,22-23,48-49,54H,3-5,7,9-10,15-16,21,24-47H2,1-2H3,(H,53,55)(H,57,58)(H,59,60)/b8-6-,13-11-,14-12-,19-17-,20-18-,23-22-. The maximum Gasteiger partial charge on any atom is 0.472 e. The van der Waals surface area contributed by atoms with E-state index in [4.69, 9.17) is 13.8 Å². The van der Waals surface area contributed by atoms with Crippen LogP contribution >= 0.6 is 7.82 Å². The van der Waals surface area contributed by atoms with Gasteiger partial charge in [0.15, 0.2) is 6.04 Å². The molecule has 0 heterocycles. The van der Waals surface area contributed by atoms with E-state index in [9.17, 15) is 34.1 Å². The molecule has 3 unspecified atom stereocenters. The highest BCUT2D eigenvalue weighted by atomic mass is 31.2. The molecule has 4 N–H and O–H groups in total. The SMILES string of the molecule is CC/C=C\C/C=C\C/C=C\CCCCCCCCCC(=O)OCC(O)COP(=O)(O)OCC(NC(=O)CCCCCCCCCCCC/C=C\C/C=C\C/C=C\CCCCC)C(=O)O. The lowest BCUT2D eigenvalue weighted by Gasteiger charge is -2.18. The molecule has 0 radical (unpaired) electrons. The second-order valence-electron chi connectivity index (χ2n) is 16.6. The van der Waals surface area contributed by atoms with Crippen LogP contribution in [0.25, 0.3) is 0 Å². The summed E-state index contributed by atoms with van der Waals surface area (Å²) in [5.41, 5.74) is 0. The molecule has 1 amide bonds. The fourth-order valence-corrected chi connectivity index (χ4v) is 7.40. The van der Waals surface area contributed by atoms with Crippen molar-refractivity contribution in [1.29, 1.82) is 0 Å². The Morgan fingerprint density at radius 3 is 1.36 bits per heavy atom. The second kappa shape index (κ2) is 46.4. The van der Waals surface area contributed by atoms with Crippen molar-refractivity contribution in [3.63, 3.8) is 0 Å². The molecule has 3 atom stereocenters. The fourth-order valence-electron chi connectivity index (χ4n) is 6.63. The van der Waals surface area contributed by atoms with Crippen LogP contribution in [0.1, 0.15) is 206 Å². The van der Waals surface area contributed by atoms with Crippen molar-refractivity contribution in [2.24, 2.45) is 0 Å². The number of phosphoric ester groups is 1. The third-order valence-corrected chi connectivity index (χ3v) is 11.4. The zero-order chi connectivity index (χ0) is 47.0. The van der Waals surface area contributed by atoms with E-state index >= 15 is 0 Å². The monoisotopic (exact) mass is 920 g/mol. The number of aliphatic hydroxyl groups excluding tert-OH is 1. The normalized spacial score (nSPS) is 14.2. The maximum atomic E-state index is 12.4. The number of carbonyl (C=O) groups excluding carboxylic acids is 2. The summed E-state index contributed by atoms with van der Waals surface area (Å²) in [6.45, 7) is 2.46. The average molecular weight is 920 g/mol. The van der Waals surface area contributed by atoms with Gasteiger partial charge >= 0.3 is 19.8 Å². The molecule has 0 fully saturated rings. The zero-order valence-electron chi connectivity index (χ0n) is 40.1. The molecule has 0 aromatic carbocycles. The number of aliphatic hydroxyl groups is 1. The van der Waals surface area contributed by atoms with Crippen molar-refractivity contribution in [3.8, 4) is 0 Å². The molecule has 0 aromatic rings. The number of nitrogens with one attached hydrogen (secondary N) is 1. The summed E-state index contributed by atoms with van der Waals surface area (Å²) in [7, 11) is -4.77. The number of carboxylic acids is 1. The average Bonchev–Trinajstić information content (AvgIpc) is 3.27. The lowest BCUT2D eigenvalue weighted by molar-refractivity contribution is -0.147. The fraction of sp³-hybridized carbons (Fsp3) is 0.712. The molecule has 0 aliphatic carbocycles. The van der Waals surface area contributed by atoms with E-state index < -0.39 is 57.6 Å². The topological polar surface area (TPSA) is 169 Å². The van der Waals surface area contributed by atoms with Gasteiger partial charge in [0.2, 0.25) is 5.91 Å². The van der Waals surface area contributed by atoms with Crippen LogP contribution in [0, 0.1) is 0 Å². The summed E-state index contributed by atoms with van der Waals surface area (Å²) in [4.78, 5) is 46.1. The highest BCUT2D eigenvalue weighted by molar-refractivity contribution is 7.47. The molecule has 12 heteroatoms. The summed E-state index contributed by atoms with van der Waals surface area (Å²) in [5.74, 6) is -2.39. The van der Waals surface area contributed by atoms with Gasteiger partial charge in [-0.3, -0.25) is 18.6 Å². The highest BCUT2D eigenvalue weighted by Crippen LogP contribution is 2.43. The Hall–Kier alpha value is -3.08. The molecule has 11 nitrogen and oxygen atoms in total. The number of hydrogen-bond acceptors (Lipinski definition) is 8. The van der Waals surface area contributed by atoms with Gasteiger partial charge in [0.05, 0.1) is 13.2 Å². The molecular formula is C52H90NO10P. The number of allylic oxidation sites excluding steroid dienone is 12. The Bertz CT molecular complexity index is 1360. The van der Waals surface area contributed by atoms with E-state index in [1.165, 1.54) is 70.6 Å². The largest absolute Gasteiger partial charge is 0.480 e. The summed E-state index contributed by atoms with van der Waals surface area (Å²) < 4.78 is 26.9. The van der Waals surface area contributed by atoms with Crippen molar-refractivity contribution in [3.05, 3.63) is 72.9 Å². The molecule has 0 saturated heterocycles. The quantitative estimate of drug-likeness (QED) is 0.0200. The van der Waals surface area contributed by atoms with Gasteiger partial charge < -0.3 is 25.2 Å². The number of carboxylic acid groups (broad SMARTS) is 1. The van der Waals surface area contributed by atoms with E-state index in [1.54, 1.807) is 0 Å². The van der Waals surface area contributed by atoms with Gasteiger partial charge in [-0.15, -0.1) is 0 Å². The van der Waals surface area contributed by atoms with Crippen molar-refractivity contribution in [1.82, 2.24) is 5.32 Å². The first-order valence-corrected chi connectivity index (χ1v) is 26.5. The molecule has 64 heavy (non-hydrogen) atoms. The van der Waals surface area contributed by atoms with E-state index in [2.05, 4.69) is 92.1 Å².